The van der Waals surface area contributed by atoms with Gasteiger partial charge >= 0.3 is 0 Å². The van der Waals surface area contributed by atoms with Crippen molar-refractivity contribution in [3.63, 3.8) is 0 Å². The van der Waals surface area contributed by atoms with Crippen molar-refractivity contribution in [3.05, 3.63) is 18.0 Å². The van der Waals surface area contributed by atoms with E-state index in [1.807, 2.05) is 11.1 Å². The highest BCUT2D eigenvalue weighted by atomic mass is 16.2. The van der Waals surface area contributed by atoms with E-state index in [1.54, 1.807) is 10.9 Å². The molecule has 0 saturated carbocycles. The Morgan fingerprint density at radius 2 is 2.00 bits per heavy atom. The summed E-state index contributed by atoms with van der Waals surface area (Å²) in [5.41, 5.74) is 6.48. The van der Waals surface area contributed by atoms with Gasteiger partial charge in [0.1, 0.15) is 6.54 Å². The fraction of sp³-hybridized carbons (Fsp3) is 0.667. The van der Waals surface area contributed by atoms with E-state index < -0.39 is 0 Å². The Kier molecular flexibility index (Phi) is 4.14. The molecule has 1 aliphatic rings. The van der Waals surface area contributed by atoms with E-state index in [9.17, 15) is 4.79 Å². The molecule has 0 aromatic carbocycles. The third-order valence-electron chi connectivity index (χ3n) is 3.18. The molecule has 2 rings (SSSR count). The van der Waals surface area contributed by atoms with Gasteiger partial charge in [-0.25, -0.2) is 0 Å². The smallest absolute Gasteiger partial charge is 0.244 e. The van der Waals surface area contributed by atoms with Crippen LogP contribution in [0.3, 0.4) is 0 Å². The number of nitrogens with zero attached hydrogens (tertiary/aromatic N) is 3. The Balaban J connectivity index is 1.90. The maximum atomic E-state index is 12.1. The highest BCUT2D eigenvalue weighted by Gasteiger charge is 2.15. The molecule has 1 fully saturated rings. The van der Waals surface area contributed by atoms with Crippen molar-refractivity contribution in [1.29, 1.82) is 0 Å². The lowest BCUT2D eigenvalue weighted by Gasteiger charge is -2.20. The minimum atomic E-state index is 0.165. The number of carbonyl (C=O) groups is 1. The lowest BCUT2D eigenvalue weighted by atomic mass is 10.2. The molecule has 5 nitrogen and oxygen atoms in total. The Morgan fingerprint density at radius 1 is 1.29 bits per heavy atom. The highest BCUT2D eigenvalue weighted by molar-refractivity contribution is 5.75. The summed E-state index contributed by atoms with van der Waals surface area (Å²) in [6, 6.07) is 0. The van der Waals surface area contributed by atoms with Crippen molar-refractivity contribution in [2.24, 2.45) is 5.73 Å². The highest BCUT2D eigenvalue weighted by Crippen LogP contribution is 2.10. The molecule has 0 unspecified atom stereocenters. The van der Waals surface area contributed by atoms with Gasteiger partial charge in [0, 0.05) is 31.4 Å². The Labute approximate surface area is 102 Å². The quantitative estimate of drug-likeness (QED) is 0.842. The molecule has 1 saturated heterocycles. The average molecular weight is 236 g/mol. The van der Waals surface area contributed by atoms with Crippen molar-refractivity contribution in [2.45, 2.75) is 38.8 Å². The minimum absolute atomic E-state index is 0.165. The van der Waals surface area contributed by atoms with Crippen LogP contribution in [-0.4, -0.2) is 33.7 Å². The summed E-state index contributed by atoms with van der Waals surface area (Å²) >= 11 is 0. The van der Waals surface area contributed by atoms with Gasteiger partial charge in [-0.15, -0.1) is 0 Å². The molecule has 17 heavy (non-hydrogen) atoms. The van der Waals surface area contributed by atoms with Crippen LogP contribution in [0.5, 0.6) is 0 Å². The second-order valence-corrected chi connectivity index (χ2v) is 4.55. The SMILES string of the molecule is NCc1cnn(CC(=O)N2CCCCCC2)c1. The van der Waals surface area contributed by atoms with E-state index in [-0.39, 0.29) is 5.91 Å². The first-order valence-corrected chi connectivity index (χ1v) is 6.29. The van der Waals surface area contributed by atoms with Crippen molar-refractivity contribution in [3.8, 4) is 0 Å². The maximum Gasteiger partial charge on any atom is 0.244 e. The lowest BCUT2D eigenvalue weighted by Crippen LogP contribution is -2.34. The van der Waals surface area contributed by atoms with Gasteiger partial charge in [0.15, 0.2) is 0 Å². The third-order valence-corrected chi connectivity index (χ3v) is 3.18. The van der Waals surface area contributed by atoms with Crippen LogP contribution in [0.15, 0.2) is 12.4 Å². The number of aromatic nitrogens is 2. The molecule has 5 heteroatoms. The van der Waals surface area contributed by atoms with Crippen molar-refractivity contribution in [1.82, 2.24) is 14.7 Å². The molecule has 1 aromatic rings. The van der Waals surface area contributed by atoms with E-state index in [2.05, 4.69) is 5.10 Å². The first-order chi connectivity index (χ1) is 8.29. The molecular weight excluding hydrogens is 216 g/mol. The number of likely N-dealkylation sites (tertiary alicyclic amines) is 1. The van der Waals surface area contributed by atoms with Gasteiger partial charge in [0.2, 0.25) is 5.91 Å². The number of carbonyl (C=O) groups excluding carboxylic acids is 1. The zero-order valence-corrected chi connectivity index (χ0v) is 10.1. The second-order valence-electron chi connectivity index (χ2n) is 4.55. The number of nitrogens with two attached hydrogens (primary N) is 1. The molecule has 0 aliphatic carbocycles. The lowest BCUT2D eigenvalue weighted by molar-refractivity contribution is -0.132. The number of rotatable bonds is 3. The number of hydrogen-bond acceptors (Lipinski definition) is 3. The molecule has 94 valence electrons. The molecule has 1 aliphatic heterocycles. The van der Waals surface area contributed by atoms with Gasteiger partial charge in [-0.05, 0) is 12.8 Å². The minimum Gasteiger partial charge on any atom is -0.341 e. The molecule has 0 atom stereocenters. The molecule has 0 bridgehead atoms. The summed E-state index contributed by atoms with van der Waals surface area (Å²) in [5.74, 6) is 0.165. The van der Waals surface area contributed by atoms with E-state index in [0.29, 0.717) is 13.1 Å². The molecule has 2 N–H and O–H groups in total. The molecule has 0 spiro atoms. The van der Waals surface area contributed by atoms with Gasteiger partial charge in [-0.2, -0.15) is 5.10 Å². The fourth-order valence-corrected chi connectivity index (χ4v) is 2.16. The van der Waals surface area contributed by atoms with Crippen molar-refractivity contribution in [2.75, 3.05) is 13.1 Å². The van der Waals surface area contributed by atoms with E-state index in [1.165, 1.54) is 12.8 Å². The largest absolute Gasteiger partial charge is 0.341 e. The maximum absolute atomic E-state index is 12.1. The monoisotopic (exact) mass is 236 g/mol. The van der Waals surface area contributed by atoms with Crippen molar-refractivity contribution < 1.29 is 4.79 Å². The molecule has 0 radical (unpaired) electrons. The van der Waals surface area contributed by atoms with Crippen LogP contribution in [0.25, 0.3) is 0 Å². The Hall–Kier alpha value is -1.36. The summed E-state index contributed by atoms with van der Waals surface area (Å²) in [6.45, 7) is 2.59. The van der Waals surface area contributed by atoms with Crippen LogP contribution in [0, 0.1) is 0 Å². The Bertz CT molecular complexity index is 366. The Morgan fingerprint density at radius 3 is 2.59 bits per heavy atom. The summed E-state index contributed by atoms with van der Waals surface area (Å²) < 4.78 is 1.68. The molecular formula is C12H20N4O. The first-order valence-electron chi connectivity index (χ1n) is 6.29. The average Bonchev–Trinajstić information content (AvgIpc) is 2.62. The van der Waals surface area contributed by atoms with Gasteiger partial charge in [0.25, 0.3) is 0 Å². The van der Waals surface area contributed by atoms with Crippen LogP contribution in [0.2, 0.25) is 0 Å². The number of amides is 1. The molecule has 1 amide bonds. The van der Waals surface area contributed by atoms with E-state index in [0.717, 1.165) is 31.5 Å². The fourth-order valence-electron chi connectivity index (χ4n) is 2.16. The summed E-state index contributed by atoms with van der Waals surface area (Å²) in [5, 5.41) is 4.13. The van der Waals surface area contributed by atoms with Crippen LogP contribution in [0.1, 0.15) is 31.2 Å². The first kappa shape index (κ1) is 12.1. The van der Waals surface area contributed by atoms with E-state index >= 15 is 0 Å². The second kappa shape index (κ2) is 5.82. The normalized spacial score (nSPS) is 16.9. The van der Waals surface area contributed by atoms with Gasteiger partial charge < -0.3 is 10.6 Å². The molecule has 2 heterocycles. The topological polar surface area (TPSA) is 64.1 Å². The van der Waals surface area contributed by atoms with Crippen LogP contribution < -0.4 is 5.73 Å². The number of hydrogen-bond donors (Lipinski definition) is 1. The van der Waals surface area contributed by atoms with Crippen LogP contribution in [0.4, 0.5) is 0 Å². The summed E-state index contributed by atoms with van der Waals surface area (Å²) in [4.78, 5) is 14.0. The predicted molar refractivity (Wildman–Crippen MR) is 65.2 cm³/mol. The standard InChI is InChI=1S/C12H20N4O/c13-7-11-8-14-16(9-11)10-12(17)15-5-3-1-2-4-6-15/h8-9H,1-7,10,13H2. The third kappa shape index (κ3) is 3.30. The van der Waals surface area contributed by atoms with Gasteiger partial charge in [-0.3, -0.25) is 9.48 Å². The zero-order chi connectivity index (χ0) is 12.1. The summed E-state index contributed by atoms with van der Waals surface area (Å²) in [7, 11) is 0. The van der Waals surface area contributed by atoms with Gasteiger partial charge in [0.05, 0.1) is 6.20 Å². The van der Waals surface area contributed by atoms with Gasteiger partial charge in [-0.1, -0.05) is 12.8 Å². The zero-order valence-electron chi connectivity index (χ0n) is 10.1. The summed E-state index contributed by atoms with van der Waals surface area (Å²) in [6.07, 6.45) is 8.29. The van der Waals surface area contributed by atoms with E-state index in [4.69, 9.17) is 5.73 Å². The molecule has 1 aromatic heterocycles. The van der Waals surface area contributed by atoms with Crippen LogP contribution in [-0.2, 0) is 17.9 Å². The van der Waals surface area contributed by atoms with Crippen LogP contribution >= 0.6 is 0 Å². The van der Waals surface area contributed by atoms with Crippen molar-refractivity contribution >= 4 is 5.91 Å². The predicted octanol–water partition coefficient (Wildman–Crippen LogP) is 0.744.